The van der Waals surface area contributed by atoms with Crippen molar-refractivity contribution in [1.82, 2.24) is 25.3 Å². The molecule has 0 bridgehead atoms. The van der Waals surface area contributed by atoms with Crippen LogP contribution in [0.3, 0.4) is 0 Å². The van der Waals surface area contributed by atoms with Crippen LogP contribution < -0.4 is 5.32 Å². The Labute approximate surface area is 162 Å². The van der Waals surface area contributed by atoms with Gasteiger partial charge >= 0.3 is 0 Å². The number of hydrogen-bond donors (Lipinski definition) is 1. The maximum absolute atomic E-state index is 12.7. The summed E-state index contributed by atoms with van der Waals surface area (Å²) in [4.78, 5) is 27.7. The fourth-order valence-electron chi connectivity index (χ4n) is 2.87. The van der Waals surface area contributed by atoms with Crippen LogP contribution in [-0.2, 0) is 16.1 Å². The third-order valence-electron chi connectivity index (χ3n) is 4.30. The van der Waals surface area contributed by atoms with Crippen LogP contribution in [0.4, 0.5) is 0 Å². The fraction of sp³-hybridized carbons (Fsp3) is 0.444. The Morgan fingerprint density at radius 3 is 2.85 bits per heavy atom. The zero-order valence-electron chi connectivity index (χ0n) is 15.3. The summed E-state index contributed by atoms with van der Waals surface area (Å²) >= 11 is 6.16. The second-order valence-corrected chi connectivity index (χ2v) is 7.06. The highest BCUT2D eigenvalue weighted by Gasteiger charge is 2.25. The molecule has 0 saturated carbocycles. The third-order valence-corrected chi connectivity index (χ3v) is 4.63. The van der Waals surface area contributed by atoms with Crippen LogP contribution in [0.5, 0.6) is 0 Å². The summed E-state index contributed by atoms with van der Waals surface area (Å²) in [6, 6.07) is 7.16. The SMILES string of the molecule is CC(C)N(Cc1nnc(-c2ccccc2Cl)o1)C(=O)CN1CCNC(=O)C1. The zero-order valence-corrected chi connectivity index (χ0v) is 16.1. The second kappa shape index (κ2) is 8.49. The molecule has 0 aliphatic carbocycles. The molecule has 2 heterocycles. The van der Waals surface area contributed by atoms with Crippen LogP contribution in [0.25, 0.3) is 11.5 Å². The van der Waals surface area contributed by atoms with E-state index in [0.29, 0.717) is 35.5 Å². The molecular formula is C18H22ClN5O3. The molecule has 9 heteroatoms. The van der Waals surface area contributed by atoms with Gasteiger partial charge in [-0.15, -0.1) is 10.2 Å². The van der Waals surface area contributed by atoms with Gasteiger partial charge in [-0.1, -0.05) is 23.7 Å². The number of rotatable bonds is 6. The van der Waals surface area contributed by atoms with Crippen molar-refractivity contribution in [3.05, 3.63) is 35.2 Å². The number of aromatic nitrogens is 2. The molecule has 0 atom stereocenters. The van der Waals surface area contributed by atoms with E-state index in [1.54, 1.807) is 17.0 Å². The van der Waals surface area contributed by atoms with Gasteiger partial charge in [0.1, 0.15) is 0 Å². The molecule has 2 amide bonds. The Kier molecular flexibility index (Phi) is 6.08. The number of nitrogens with zero attached hydrogens (tertiary/aromatic N) is 4. The summed E-state index contributed by atoms with van der Waals surface area (Å²) in [5.74, 6) is 0.506. The Hall–Kier alpha value is -2.45. The van der Waals surface area contributed by atoms with E-state index in [0.717, 1.165) is 0 Å². The molecule has 1 aromatic heterocycles. The Morgan fingerprint density at radius 2 is 2.15 bits per heavy atom. The van der Waals surface area contributed by atoms with Crippen LogP contribution in [-0.4, -0.2) is 64.0 Å². The molecular weight excluding hydrogens is 370 g/mol. The van der Waals surface area contributed by atoms with Crippen LogP contribution in [0, 0.1) is 0 Å². The molecule has 1 aromatic carbocycles. The molecule has 1 aliphatic heterocycles. The third kappa shape index (κ3) is 4.84. The van der Waals surface area contributed by atoms with Crippen molar-refractivity contribution in [2.24, 2.45) is 0 Å². The van der Waals surface area contributed by atoms with Crippen molar-refractivity contribution < 1.29 is 14.0 Å². The van der Waals surface area contributed by atoms with Gasteiger partial charge in [0.05, 0.1) is 30.2 Å². The second-order valence-electron chi connectivity index (χ2n) is 6.66. The number of carbonyl (C=O) groups excluding carboxylic acids is 2. The van der Waals surface area contributed by atoms with E-state index in [1.165, 1.54) is 0 Å². The monoisotopic (exact) mass is 391 g/mol. The molecule has 0 radical (unpaired) electrons. The summed E-state index contributed by atoms with van der Waals surface area (Å²) < 4.78 is 5.71. The van der Waals surface area contributed by atoms with Crippen molar-refractivity contribution in [2.45, 2.75) is 26.4 Å². The lowest BCUT2D eigenvalue weighted by Crippen LogP contribution is -2.51. The lowest BCUT2D eigenvalue weighted by molar-refractivity contribution is -0.136. The van der Waals surface area contributed by atoms with Gasteiger partial charge < -0.3 is 14.6 Å². The lowest BCUT2D eigenvalue weighted by Gasteiger charge is -2.30. The van der Waals surface area contributed by atoms with E-state index < -0.39 is 0 Å². The Balaban J connectivity index is 1.68. The molecule has 0 spiro atoms. The summed E-state index contributed by atoms with van der Waals surface area (Å²) in [7, 11) is 0. The normalized spacial score (nSPS) is 15.0. The number of amides is 2. The molecule has 8 nitrogen and oxygen atoms in total. The van der Waals surface area contributed by atoms with Crippen molar-refractivity contribution in [3.8, 4) is 11.5 Å². The highest BCUT2D eigenvalue weighted by molar-refractivity contribution is 6.33. The number of benzene rings is 1. The van der Waals surface area contributed by atoms with E-state index >= 15 is 0 Å². The molecule has 2 aromatic rings. The van der Waals surface area contributed by atoms with E-state index in [2.05, 4.69) is 15.5 Å². The van der Waals surface area contributed by atoms with Crippen LogP contribution in [0.1, 0.15) is 19.7 Å². The maximum Gasteiger partial charge on any atom is 0.249 e. The number of nitrogens with one attached hydrogen (secondary N) is 1. The summed E-state index contributed by atoms with van der Waals surface area (Å²) in [5.41, 5.74) is 0.652. The predicted octanol–water partition coefficient (Wildman–Crippen LogP) is 1.56. The predicted molar refractivity (Wildman–Crippen MR) is 99.9 cm³/mol. The summed E-state index contributed by atoms with van der Waals surface area (Å²) in [6.45, 7) is 5.66. The molecule has 1 fully saturated rings. The van der Waals surface area contributed by atoms with Crippen molar-refractivity contribution >= 4 is 23.4 Å². The minimum absolute atomic E-state index is 0.0493. The molecule has 0 unspecified atom stereocenters. The smallest absolute Gasteiger partial charge is 0.249 e. The molecule has 1 saturated heterocycles. The Morgan fingerprint density at radius 1 is 1.37 bits per heavy atom. The maximum atomic E-state index is 12.7. The molecule has 3 rings (SSSR count). The number of carbonyl (C=O) groups is 2. The van der Waals surface area contributed by atoms with Gasteiger partial charge in [-0.05, 0) is 26.0 Å². The van der Waals surface area contributed by atoms with Gasteiger partial charge in [0, 0.05) is 19.1 Å². The highest BCUT2D eigenvalue weighted by Crippen LogP contribution is 2.26. The first-order valence-electron chi connectivity index (χ1n) is 8.80. The van der Waals surface area contributed by atoms with Crippen molar-refractivity contribution in [2.75, 3.05) is 26.2 Å². The molecule has 144 valence electrons. The van der Waals surface area contributed by atoms with Crippen LogP contribution in [0.2, 0.25) is 5.02 Å². The number of piperazine rings is 1. The number of hydrogen-bond acceptors (Lipinski definition) is 6. The first-order valence-corrected chi connectivity index (χ1v) is 9.17. The van der Waals surface area contributed by atoms with Gasteiger partial charge in [0.25, 0.3) is 0 Å². The van der Waals surface area contributed by atoms with Gasteiger partial charge in [-0.2, -0.15) is 0 Å². The minimum Gasteiger partial charge on any atom is -0.419 e. The van der Waals surface area contributed by atoms with E-state index in [-0.39, 0.29) is 37.5 Å². The molecule has 1 aliphatic rings. The van der Waals surface area contributed by atoms with Gasteiger partial charge in [-0.3, -0.25) is 14.5 Å². The fourth-order valence-corrected chi connectivity index (χ4v) is 3.09. The summed E-state index contributed by atoms with van der Waals surface area (Å²) in [5, 5.41) is 11.4. The standard InChI is InChI=1S/C18H22ClN5O3/c1-12(2)24(17(26)11-23-8-7-20-15(25)9-23)10-16-21-22-18(27-16)13-5-3-4-6-14(13)19/h3-6,12H,7-11H2,1-2H3,(H,20,25). The van der Waals surface area contributed by atoms with Crippen LogP contribution in [0.15, 0.2) is 28.7 Å². The zero-order chi connectivity index (χ0) is 19.4. The largest absolute Gasteiger partial charge is 0.419 e. The van der Waals surface area contributed by atoms with Crippen molar-refractivity contribution in [1.29, 1.82) is 0 Å². The average molecular weight is 392 g/mol. The first kappa shape index (κ1) is 19.3. The van der Waals surface area contributed by atoms with Gasteiger partial charge in [0.15, 0.2) is 0 Å². The van der Waals surface area contributed by atoms with E-state index in [1.807, 2.05) is 30.9 Å². The van der Waals surface area contributed by atoms with E-state index in [9.17, 15) is 9.59 Å². The molecule has 27 heavy (non-hydrogen) atoms. The Bertz CT molecular complexity index is 823. The van der Waals surface area contributed by atoms with Crippen LogP contribution >= 0.6 is 11.6 Å². The minimum atomic E-state index is -0.0859. The van der Waals surface area contributed by atoms with Crippen molar-refractivity contribution in [3.63, 3.8) is 0 Å². The van der Waals surface area contributed by atoms with Gasteiger partial charge in [0.2, 0.25) is 23.6 Å². The van der Waals surface area contributed by atoms with E-state index in [4.69, 9.17) is 16.0 Å². The average Bonchev–Trinajstić information content (AvgIpc) is 3.08. The molecule has 1 N–H and O–H groups in total. The lowest BCUT2D eigenvalue weighted by atomic mass is 10.2. The first-order chi connectivity index (χ1) is 12.9. The highest BCUT2D eigenvalue weighted by atomic mass is 35.5. The quantitative estimate of drug-likeness (QED) is 0.803. The number of halogens is 1. The van der Waals surface area contributed by atoms with Gasteiger partial charge in [-0.25, -0.2) is 0 Å². The topological polar surface area (TPSA) is 91.6 Å². The summed E-state index contributed by atoms with van der Waals surface area (Å²) in [6.07, 6.45) is 0.